The summed E-state index contributed by atoms with van der Waals surface area (Å²) >= 11 is 9.41. The zero-order chi connectivity index (χ0) is 14.5. The summed E-state index contributed by atoms with van der Waals surface area (Å²) in [5, 5.41) is 0. The third-order valence-corrected chi connectivity index (χ3v) is 4.17. The third-order valence-electron chi connectivity index (χ3n) is 3.27. The molecule has 0 aromatic heterocycles. The maximum atomic E-state index is 13.4. The molecule has 2 rings (SSSR count). The summed E-state index contributed by atoms with van der Waals surface area (Å²) in [7, 11) is 0. The Morgan fingerprint density at radius 3 is 2.50 bits per heavy atom. The second kappa shape index (κ2) is 7.24. The minimum atomic E-state index is -0.210. The van der Waals surface area contributed by atoms with E-state index in [2.05, 4.69) is 47.1 Å². The van der Waals surface area contributed by atoms with Crippen LogP contribution in [-0.4, -0.2) is 5.88 Å². The summed E-state index contributed by atoms with van der Waals surface area (Å²) < 4.78 is 14.2. The minimum Gasteiger partial charge on any atom is -0.207 e. The largest absolute Gasteiger partial charge is 0.207 e. The molecule has 2 aromatic rings. The molecule has 0 saturated heterocycles. The molecule has 0 N–H and O–H groups in total. The van der Waals surface area contributed by atoms with Crippen LogP contribution in [0, 0.1) is 18.7 Å². The van der Waals surface area contributed by atoms with E-state index in [-0.39, 0.29) is 5.82 Å². The van der Waals surface area contributed by atoms with Crippen molar-refractivity contribution in [3.8, 4) is 0 Å². The number of hydrogen-bond acceptors (Lipinski definition) is 0. The van der Waals surface area contributed by atoms with Crippen LogP contribution in [-0.2, 0) is 12.8 Å². The van der Waals surface area contributed by atoms with Crippen LogP contribution in [0.1, 0.15) is 16.7 Å². The van der Waals surface area contributed by atoms with Crippen molar-refractivity contribution in [3.05, 3.63) is 69.4 Å². The van der Waals surface area contributed by atoms with Crippen LogP contribution in [0.4, 0.5) is 4.39 Å². The molecule has 0 fully saturated rings. The quantitative estimate of drug-likeness (QED) is 0.618. The molecule has 0 spiro atoms. The molecule has 20 heavy (non-hydrogen) atoms. The first-order chi connectivity index (χ1) is 9.56. The Morgan fingerprint density at radius 2 is 1.85 bits per heavy atom. The van der Waals surface area contributed by atoms with Crippen molar-refractivity contribution >= 4 is 27.5 Å². The Kier molecular flexibility index (Phi) is 5.62. The predicted octanol–water partition coefficient (Wildman–Crippen LogP) is 5.54. The standard InChI is InChI=1S/C17H17BrClF/c1-12-3-2-4-13(5-12)6-15(11-19)7-14-8-16(18)10-17(20)9-14/h2-5,8-10,15H,6-7,11H2,1H3. The van der Waals surface area contributed by atoms with Crippen molar-refractivity contribution in [2.45, 2.75) is 19.8 Å². The molecule has 0 amide bonds. The maximum absolute atomic E-state index is 13.4. The summed E-state index contributed by atoms with van der Waals surface area (Å²) in [6.45, 7) is 2.09. The summed E-state index contributed by atoms with van der Waals surface area (Å²) in [4.78, 5) is 0. The molecule has 0 aliphatic carbocycles. The van der Waals surface area contributed by atoms with Gasteiger partial charge in [-0.2, -0.15) is 0 Å². The topological polar surface area (TPSA) is 0 Å². The van der Waals surface area contributed by atoms with Gasteiger partial charge in [0.15, 0.2) is 0 Å². The van der Waals surface area contributed by atoms with Gasteiger partial charge in [-0.25, -0.2) is 4.39 Å². The molecule has 1 unspecified atom stereocenters. The lowest BCUT2D eigenvalue weighted by Crippen LogP contribution is -2.10. The molecule has 106 valence electrons. The van der Waals surface area contributed by atoms with Crippen molar-refractivity contribution in [1.82, 2.24) is 0 Å². The number of benzene rings is 2. The lowest BCUT2D eigenvalue weighted by Gasteiger charge is -2.15. The highest BCUT2D eigenvalue weighted by Gasteiger charge is 2.11. The first kappa shape index (κ1) is 15.5. The molecule has 0 bridgehead atoms. The average Bonchev–Trinajstić information content (AvgIpc) is 2.36. The normalized spacial score (nSPS) is 12.4. The van der Waals surface area contributed by atoms with E-state index in [9.17, 15) is 4.39 Å². The molecule has 0 heterocycles. The van der Waals surface area contributed by atoms with E-state index in [0.29, 0.717) is 11.8 Å². The lowest BCUT2D eigenvalue weighted by atomic mass is 9.93. The van der Waals surface area contributed by atoms with E-state index in [1.165, 1.54) is 17.2 Å². The van der Waals surface area contributed by atoms with Gasteiger partial charge in [-0.1, -0.05) is 45.8 Å². The number of rotatable bonds is 5. The highest BCUT2D eigenvalue weighted by atomic mass is 79.9. The minimum absolute atomic E-state index is 0.210. The van der Waals surface area contributed by atoms with Gasteiger partial charge in [-0.3, -0.25) is 0 Å². The molecular weight excluding hydrogens is 339 g/mol. The van der Waals surface area contributed by atoms with E-state index in [1.807, 2.05) is 6.07 Å². The van der Waals surface area contributed by atoms with Gasteiger partial charge in [-0.15, -0.1) is 11.6 Å². The molecule has 0 aliphatic rings. The molecular formula is C17H17BrClF. The first-order valence-electron chi connectivity index (χ1n) is 6.63. The van der Waals surface area contributed by atoms with Gasteiger partial charge in [0, 0.05) is 10.4 Å². The first-order valence-corrected chi connectivity index (χ1v) is 7.96. The van der Waals surface area contributed by atoms with Crippen molar-refractivity contribution < 1.29 is 4.39 Å². The number of aryl methyl sites for hydroxylation is 1. The molecule has 0 saturated carbocycles. The van der Waals surface area contributed by atoms with E-state index < -0.39 is 0 Å². The van der Waals surface area contributed by atoms with Gasteiger partial charge in [0.1, 0.15) is 5.82 Å². The Bertz CT molecular complexity index is 563. The molecule has 0 aliphatic heterocycles. The van der Waals surface area contributed by atoms with Crippen LogP contribution in [0.15, 0.2) is 46.9 Å². The Labute approximate surface area is 133 Å². The van der Waals surface area contributed by atoms with Gasteiger partial charge >= 0.3 is 0 Å². The Morgan fingerprint density at radius 1 is 1.10 bits per heavy atom. The van der Waals surface area contributed by atoms with Crippen molar-refractivity contribution in [2.24, 2.45) is 5.92 Å². The molecule has 3 heteroatoms. The summed E-state index contributed by atoms with van der Waals surface area (Å²) in [6.07, 6.45) is 1.70. The van der Waals surface area contributed by atoms with Gasteiger partial charge in [0.25, 0.3) is 0 Å². The smallest absolute Gasteiger partial charge is 0.124 e. The Balaban J connectivity index is 2.09. The highest BCUT2D eigenvalue weighted by Crippen LogP contribution is 2.21. The second-order valence-electron chi connectivity index (χ2n) is 5.20. The van der Waals surface area contributed by atoms with Gasteiger partial charge in [0.2, 0.25) is 0 Å². The van der Waals surface area contributed by atoms with Gasteiger partial charge < -0.3 is 0 Å². The van der Waals surface area contributed by atoms with E-state index in [4.69, 9.17) is 11.6 Å². The van der Waals surface area contributed by atoms with Crippen LogP contribution in [0.2, 0.25) is 0 Å². The third kappa shape index (κ3) is 4.60. The highest BCUT2D eigenvalue weighted by molar-refractivity contribution is 9.10. The monoisotopic (exact) mass is 354 g/mol. The van der Waals surface area contributed by atoms with Crippen molar-refractivity contribution in [2.75, 3.05) is 5.88 Å². The van der Waals surface area contributed by atoms with Gasteiger partial charge in [-0.05, 0) is 55.0 Å². The predicted molar refractivity (Wildman–Crippen MR) is 86.9 cm³/mol. The summed E-state index contributed by atoms with van der Waals surface area (Å²) in [5.41, 5.74) is 3.52. The van der Waals surface area contributed by atoms with Crippen molar-refractivity contribution in [1.29, 1.82) is 0 Å². The number of hydrogen-bond donors (Lipinski definition) is 0. The number of alkyl halides is 1. The SMILES string of the molecule is Cc1cccc(CC(CCl)Cc2cc(F)cc(Br)c2)c1. The molecule has 0 nitrogen and oxygen atoms in total. The second-order valence-corrected chi connectivity index (χ2v) is 6.42. The van der Waals surface area contributed by atoms with Gasteiger partial charge in [0.05, 0.1) is 0 Å². The average molecular weight is 356 g/mol. The van der Waals surface area contributed by atoms with Crippen LogP contribution < -0.4 is 0 Å². The fourth-order valence-electron chi connectivity index (χ4n) is 2.42. The van der Waals surface area contributed by atoms with Crippen LogP contribution in [0.5, 0.6) is 0 Å². The van der Waals surface area contributed by atoms with E-state index in [1.54, 1.807) is 6.07 Å². The van der Waals surface area contributed by atoms with E-state index in [0.717, 1.165) is 22.9 Å². The number of halogens is 3. The fraction of sp³-hybridized carbons (Fsp3) is 0.294. The molecule has 1 atom stereocenters. The maximum Gasteiger partial charge on any atom is 0.124 e. The zero-order valence-electron chi connectivity index (χ0n) is 11.4. The zero-order valence-corrected chi connectivity index (χ0v) is 13.7. The Hall–Kier alpha value is -0.860. The fourth-order valence-corrected chi connectivity index (χ4v) is 3.15. The van der Waals surface area contributed by atoms with E-state index >= 15 is 0 Å². The molecule has 0 radical (unpaired) electrons. The molecule has 2 aromatic carbocycles. The van der Waals surface area contributed by atoms with Crippen molar-refractivity contribution in [3.63, 3.8) is 0 Å². The van der Waals surface area contributed by atoms with Crippen LogP contribution in [0.25, 0.3) is 0 Å². The van der Waals surface area contributed by atoms with Crippen LogP contribution in [0.3, 0.4) is 0 Å². The lowest BCUT2D eigenvalue weighted by molar-refractivity contribution is 0.576. The summed E-state index contributed by atoms with van der Waals surface area (Å²) in [6, 6.07) is 13.5. The van der Waals surface area contributed by atoms with Crippen LogP contribution >= 0.6 is 27.5 Å². The summed E-state index contributed by atoms with van der Waals surface area (Å²) in [5.74, 6) is 0.674.